The SMILES string of the molecule is COC(=O)c1ccc(N[C@@H]2C[C@H](C)N(C(C)=O)c3ccc(-c4ccc(NC(C)=O)cc4)cc32)cc1. The quantitative estimate of drug-likeness (QED) is 0.487. The minimum atomic E-state index is -0.376. The van der Waals surface area contributed by atoms with Gasteiger partial charge in [0.25, 0.3) is 0 Å². The van der Waals surface area contributed by atoms with Gasteiger partial charge in [-0.2, -0.15) is 0 Å². The molecule has 3 aromatic carbocycles. The van der Waals surface area contributed by atoms with E-state index in [1.54, 1.807) is 19.1 Å². The lowest BCUT2D eigenvalue weighted by atomic mass is 9.89. The molecular formula is C28H29N3O4. The minimum absolute atomic E-state index is 0.00652. The van der Waals surface area contributed by atoms with Crippen molar-refractivity contribution >= 4 is 34.8 Å². The molecule has 0 saturated heterocycles. The Balaban J connectivity index is 1.68. The number of esters is 1. The van der Waals surface area contributed by atoms with Crippen LogP contribution in [0.4, 0.5) is 17.1 Å². The maximum absolute atomic E-state index is 12.5. The number of methoxy groups -OCH3 is 1. The van der Waals surface area contributed by atoms with Crippen molar-refractivity contribution in [2.24, 2.45) is 0 Å². The number of carbonyl (C=O) groups excluding carboxylic acids is 3. The van der Waals surface area contributed by atoms with Gasteiger partial charge in [0.1, 0.15) is 0 Å². The summed E-state index contributed by atoms with van der Waals surface area (Å²) >= 11 is 0. The first-order valence-electron chi connectivity index (χ1n) is 11.5. The second-order valence-electron chi connectivity index (χ2n) is 8.77. The van der Waals surface area contributed by atoms with Crippen molar-refractivity contribution in [3.05, 3.63) is 77.9 Å². The Morgan fingerprint density at radius 2 is 1.51 bits per heavy atom. The van der Waals surface area contributed by atoms with Crippen LogP contribution in [0.3, 0.4) is 0 Å². The minimum Gasteiger partial charge on any atom is -0.465 e. The molecule has 2 atom stereocenters. The highest BCUT2D eigenvalue weighted by Gasteiger charge is 2.32. The Bertz CT molecular complexity index is 1250. The second-order valence-corrected chi connectivity index (χ2v) is 8.77. The third-order valence-corrected chi connectivity index (χ3v) is 6.20. The molecule has 2 amide bonds. The highest BCUT2D eigenvalue weighted by atomic mass is 16.5. The first-order valence-corrected chi connectivity index (χ1v) is 11.5. The molecule has 180 valence electrons. The number of nitrogens with one attached hydrogen (secondary N) is 2. The molecule has 3 aromatic rings. The maximum atomic E-state index is 12.5. The van der Waals surface area contributed by atoms with E-state index in [1.807, 2.05) is 60.4 Å². The van der Waals surface area contributed by atoms with Gasteiger partial charge in [-0.15, -0.1) is 0 Å². The molecule has 0 saturated carbocycles. The highest BCUT2D eigenvalue weighted by Crippen LogP contribution is 2.41. The lowest BCUT2D eigenvalue weighted by Crippen LogP contribution is -2.43. The smallest absolute Gasteiger partial charge is 0.337 e. The van der Waals surface area contributed by atoms with Gasteiger partial charge < -0.3 is 20.3 Å². The molecule has 2 N–H and O–H groups in total. The predicted octanol–water partition coefficient (Wildman–Crippen LogP) is 5.40. The van der Waals surface area contributed by atoms with E-state index >= 15 is 0 Å². The first-order chi connectivity index (χ1) is 16.8. The number of carbonyl (C=O) groups is 3. The van der Waals surface area contributed by atoms with Crippen molar-refractivity contribution in [3.63, 3.8) is 0 Å². The van der Waals surface area contributed by atoms with E-state index in [1.165, 1.54) is 14.0 Å². The Hall–Kier alpha value is -4.13. The Morgan fingerprint density at radius 3 is 2.11 bits per heavy atom. The van der Waals surface area contributed by atoms with Gasteiger partial charge in [-0.25, -0.2) is 4.79 Å². The summed E-state index contributed by atoms with van der Waals surface area (Å²) < 4.78 is 4.78. The van der Waals surface area contributed by atoms with Crippen LogP contribution in [0.5, 0.6) is 0 Å². The van der Waals surface area contributed by atoms with Crippen LogP contribution >= 0.6 is 0 Å². The molecule has 0 aliphatic carbocycles. The number of nitrogens with zero attached hydrogens (tertiary/aromatic N) is 1. The van der Waals surface area contributed by atoms with E-state index in [0.717, 1.165) is 40.2 Å². The highest BCUT2D eigenvalue weighted by molar-refractivity contribution is 5.94. The van der Waals surface area contributed by atoms with Gasteiger partial charge in [0.2, 0.25) is 11.8 Å². The maximum Gasteiger partial charge on any atom is 0.337 e. The van der Waals surface area contributed by atoms with Crippen LogP contribution < -0.4 is 15.5 Å². The summed E-state index contributed by atoms with van der Waals surface area (Å²) in [5.41, 5.74) is 6.05. The van der Waals surface area contributed by atoms with Crippen LogP contribution in [-0.4, -0.2) is 30.9 Å². The molecule has 0 spiro atoms. The van der Waals surface area contributed by atoms with E-state index in [-0.39, 0.29) is 29.9 Å². The van der Waals surface area contributed by atoms with Crippen molar-refractivity contribution in [3.8, 4) is 11.1 Å². The zero-order chi connectivity index (χ0) is 25.1. The first kappa shape index (κ1) is 24.0. The standard InChI is InChI=1S/C28H29N3O4/c1-17-15-26(30-24-12-7-21(8-13-24)28(34)35-4)25-16-22(9-14-27(25)31(17)19(3)33)20-5-10-23(11-6-20)29-18(2)32/h5-14,16-17,26,30H,15H2,1-4H3,(H,29,32)/t17-,26+/m0/s1. The van der Waals surface area contributed by atoms with Gasteiger partial charge in [-0.05, 0) is 78.6 Å². The predicted molar refractivity (Wildman–Crippen MR) is 138 cm³/mol. The number of amides is 2. The fourth-order valence-corrected chi connectivity index (χ4v) is 4.63. The van der Waals surface area contributed by atoms with Crippen molar-refractivity contribution in [1.82, 2.24) is 0 Å². The van der Waals surface area contributed by atoms with Crippen molar-refractivity contribution in [2.75, 3.05) is 22.6 Å². The molecular weight excluding hydrogens is 442 g/mol. The molecule has 0 fully saturated rings. The van der Waals surface area contributed by atoms with Crippen LogP contribution in [-0.2, 0) is 14.3 Å². The number of anilines is 3. The number of ether oxygens (including phenoxy) is 1. The largest absolute Gasteiger partial charge is 0.465 e. The normalized spacial score (nSPS) is 16.7. The van der Waals surface area contributed by atoms with Crippen molar-refractivity contribution in [1.29, 1.82) is 0 Å². The average molecular weight is 472 g/mol. The van der Waals surface area contributed by atoms with Crippen molar-refractivity contribution in [2.45, 2.75) is 39.3 Å². The average Bonchev–Trinajstić information content (AvgIpc) is 2.83. The number of benzene rings is 3. The fourth-order valence-electron chi connectivity index (χ4n) is 4.63. The van der Waals surface area contributed by atoms with E-state index in [4.69, 9.17) is 4.74 Å². The molecule has 7 nitrogen and oxygen atoms in total. The van der Waals surface area contributed by atoms with Gasteiger partial charge in [-0.3, -0.25) is 9.59 Å². The number of fused-ring (bicyclic) bond motifs is 1. The Kier molecular flexibility index (Phi) is 6.87. The summed E-state index contributed by atoms with van der Waals surface area (Å²) in [6, 6.07) is 21.0. The lowest BCUT2D eigenvalue weighted by molar-refractivity contribution is -0.117. The summed E-state index contributed by atoms with van der Waals surface area (Å²) in [6.07, 6.45) is 0.732. The molecule has 0 aromatic heterocycles. The van der Waals surface area contributed by atoms with Gasteiger partial charge in [0, 0.05) is 37.0 Å². The number of hydrogen-bond acceptors (Lipinski definition) is 5. The van der Waals surface area contributed by atoms with Gasteiger partial charge in [0.15, 0.2) is 0 Å². The molecule has 35 heavy (non-hydrogen) atoms. The van der Waals surface area contributed by atoms with E-state index < -0.39 is 0 Å². The molecule has 0 unspecified atom stereocenters. The van der Waals surface area contributed by atoms with Crippen LogP contribution in [0.2, 0.25) is 0 Å². The van der Waals surface area contributed by atoms with Crippen LogP contribution in [0.25, 0.3) is 11.1 Å². The zero-order valence-corrected chi connectivity index (χ0v) is 20.3. The number of hydrogen-bond donors (Lipinski definition) is 2. The Morgan fingerprint density at radius 1 is 0.886 bits per heavy atom. The second kappa shape index (κ2) is 10.0. The molecule has 0 bridgehead atoms. The van der Waals surface area contributed by atoms with E-state index in [2.05, 4.69) is 16.7 Å². The van der Waals surface area contributed by atoms with Crippen molar-refractivity contribution < 1.29 is 19.1 Å². The summed E-state index contributed by atoms with van der Waals surface area (Å²) in [4.78, 5) is 37.4. The van der Waals surface area contributed by atoms with E-state index in [0.29, 0.717) is 5.56 Å². The zero-order valence-electron chi connectivity index (χ0n) is 20.3. The fraction of sp³-hybridized carbons (Fsp3) is 0.250. The summed E-state index contributed by atoms with van der Waals surface area (Å²) in [7, 11) is 1.36. The summed E-state index contributed by atoms with van der Waals surface area (Å²) in [5, 5.41) is 6.37. The molecule has 1 aliphatic heterocycles. The number of rotatable bonds is 5. The molecule has 4 rings (SSSR count). The van der Waals surface area contributed by atoms with Crippen LogP contribution in [0, 0.1) is 0 Å². The molecule has 1 aliphatic rings. The molecule has 1 heterocycles. The summed E-state index contributed by atoms with van der Waals surface area (Å²) in [5.74, 6) is -0.481. The topological polar surface area (TPSA) is 87.7 Å². The lowest BCUT2D eigenvalue weighted by Gasteiger charge is -2.39. The van der Waals surface area contributed by atoms with E-state index in [9.17, 15) is 14.4 Å². The third kappa shape index (κ3) is 5.19. The van der Waals surface area contributed by atoms with Gasteiger partial charge >= 0.3 is 5.97 Å². The van der Waals surface area contributed by atoms with Gasteiger partial charge in [0.05, 0.1) is 18.7 Å². The van der Waals surface area contributed by atoms with Gasteiger partial charge in [-0.1, -0.05) is 18.2 Å². The third-order valence-electron chi connectivity index (χ3n) is 6.20. The molecule has 7 heteroatoms. The Labute approximate surface area is 205 Å². The van der Waals surface area contributed by atoms with Crippen LogP contribution in [0.1, 0.15) is 49.2 Å². The van der Waals surface area contributed by atoms with Crippen LogP contribution in [0.15, 0.2) is 66.7 Å². The monoisotopic (exact) mass is 471 g/mol. The molecule has 0 radical (unpaired) electrons. The summed E-state index contributed by atoms with van der Waals surface area (Å²) in [6.45, 7) is 5.12.